The SMILES string of the molecule is OCC1OC(c2cccc(-c3ccc4c(c3)OCO4)c2)C(O)CC1O. The maximum atomic E-state index is 10.3. The van der Waals surface area contributed by atoms with Crippen molar-refractivity contribution in [3.8, 4) is 22.6 Å². The monoisotopic (exact) mass is 344 g/mol. The van der Waals surface area contributed by atoms with Crippen LogP contribution in [0.25, 0.3) is 11.1 Å². The first kappa shape index (κ1) is 16.4. The zero-order valence-corrected chi connectivity index (χ0v) is 13.5. The van der Waals surface area contributed by atoms with Gasteiger partial charge in [-0.25, -0.2) is 0 Å². The van der Waals surface area contributed by atoms with E-state index in [9.17, 15) is 15.3 Å². The van der Waals surface area contributed by atoms with Crippen LogP contribution >= 0.6 is 0 Å². The lowest BCUT2D eigenvalue weighted by molar-refractivity contribution is -0.181. The van der Waals surface area contributed by atoms with Gasteiger partial charge in [0.2, 0.25) is 6.79 Å². The van der Waals surface area contributed by atoms with Crippen molar-refractivity contribution >= 4 is 0 Å². The number of aliphatic hydroxyl groups excluding tert-OH is 3. The quantitative estimate of drug-likeness (QED) is 0.784. The molecule has 0 aromatic heterocycles. The van der Waals surface area contributed by atoms with Crippen LogP contribution in [-0.2, 0) is 4.74 Å². The smallest absolute Gasteiger partial charge is 0.231 e. The largest absolute Gasteiger partial charge is 0.454 e. The van der Waals surface area contributed by atoms with Gasteiger partial charge in [0, 0.05) is 6.42 Å². The topological polar surface area (TPSA) is 88.4 Å². The van der Waals surface area contributed by atoms with Gasteiger partial charge < -0.3 is 29.5 Å². The van der Waals surface area contributed by atoms with Crippen LogP contribution in [0.15, 0.2) is 42.5 Å². The fraction of sp³-hybridized carbons (Fsp3) is 0.368. The van der Waals surface area contributed by atoms with Gasteiger partial charge in [0.15, 0.2) is 11.5 Å². The number of hydrogen-bond donors (Lipinski definition) is 3. The molecule has 3 N–H and O–H groups in total. The highest BCUT2D eigenvalue weighted by atomic mass is 16.7. The molecule has 6 heteroatoms. The van der Waals surface area contributed by atoms with Crippen LogP contribution in [0.1, 0.15) is 18.1 Å². The lowest BCUT2D eigenvalue weighted by Crippen LogP contribution is -2.44. The molecule has 4 unspecified atom stereocenters. The van der Waals surface area contributed by atoms with Crippen LogP contribution in [0.3, 0.4) is 0 Å². The van der Waals surface area contributed by atoms with Crippen molar-refractivity contribution in [2.75, 3.05) is 13.4 Å². The fourth-order valence-electron chi connectivity index (χ4n) is 3.33. The number of rotatable bonds is 3. The summed E-state index contributed by atoms with van der Waals surface area (Å²) in [6.45, 7) is -0.0575. The number of fused-ring (bicyclic) bond motifs is 1. The summed E-state index contributed by atoms with van der Waals surface area (Å²) in [7, 11) is 0. The molecule has 25 heavy (non-hydrogen) atoms. The molecule has 0 aliphatic carbocycles. The molecular formula is C19H20O6. The molecule has 0 amide bonds. The molecule has 4 atom stereocenters. The van der Waals surface area contributed by atoms with E-state index in [4.69, 9.17) is 14.2 Å². The van der Waals surface area contributed by atoms with Crippen molar-refractivity contribution in [1.29, 1.82) is 0 Å². The Morgan fingerprint density at radius 2 is 1.72 bits per heavy atom. The van der Waals surface area contributed by atoms with Crippen molar-refractivity contribution in [2.24, 2.45) is 0 Å². The molecule has 6 nitrogen and oxygen atoms in total. The molecule has 2 aliphatic heterocycles. The Balaban J connectivity index is 1.63. The predicted octanol–water partition coefficient (Wildman–Crippen LogP) is 1.63. The molecule has 0 bridgehead atoms. The number of benzene rings is 2. The Labute approximate surface area is 145 Å². The second-order valence-corrected chi connectivity index (χ2v) is 6.34. The van der Waals surface area contributed by atoms with Crippen molar-refractivity contribution in [3.05, 3.63) is 48.0 Å². The van der Waals surface area contributed by atoms with E-state index in [-0.39, 0.29) is 19.8 Å². The number of hydrogen-bond acceptors (Lipinski definition) is 6. The lowest BCUT2D eigenvalue weighted by Gasteiger charge is -2.36. The second kappa shape index (κ2) is 6.65. The molecule has 1 saturated heterocycles. The Morgan fingerprint density at radius 3 is 2.56 bits per heavy atom. The van der Waals surface area contributed by atoms with Gasteiger partial charge in [-0.15, -0.1) is 0 Å². The maximum Gasteiger partial charge on any atom is 0.231 e. The second-order valence-electron chi connectivity index (χ2n) is 6.34. The average molecular weight is 344 g/mol. The summed E-state index contributed by atoms with van der Waals surface area (Å²) in [6.07, 6.45) is -2.81. The Kier molecular flexibility index (Phi) is 4.35. The third-order valence-electron chi connectivity index (χ3n) is 4.68. The zero-order valence-electron chi connectivity index (χ0n) is 13.5. The minimum atomic E-state index is -0.867. The van der Waals surface area contributed by atoms with Gasteiger partial charge >= 0.3 is 0 Å². The van der Waals surface area contributed by atoms with Gasteiger partial charge in [0.1, 0.15) is 12.2 Å². The molecule has 4 rings (SSSR count). The first-order valence-corrected chi connectivity index (χ1v) is 8.28. The molecule has 2 aromatic carbocycles. The standard InChI is InChI=1S/C19H20O6/c20-9-18-14(21)8-15(22)19(25-18)13-3-1-2-11(6-13)12-4-5-16-17(7-12)24-10-23-16/h1-7,14-15,18-22H,8-10H2. The highest BCUT2D eigenvalue weighted by molar-refractivity contribution is 5.68. The summed E-state index contributed by atoms with van der Waals surface area (Å²) < 4.78 is 16.5. The van der Waals surface area contributed by atoms with Crippen LogP contribution in [-0.4, -0.2) is 47.0 Å². The van der Waals surface area contributed by atoms with E-state index in [0.29, 0.717) is 5.75 Å². The van der Waals surface area contributed by atoms with Crippen molar-refractivity contribution in [3.63, 3.8) is 0 Å². The summed E-state index contributed by atoms with van der Waals surface area (Å²) in [5, 5.41) is 29.5. The Hall–Kier alpha value is -2.12. The minimum absolute atomic E-state index is 0.171. The minimum Gasteiger partial charge on any atom is -0.454 e. The van der Waals surface area contributed by atoms with Crippen LogP contribution < -0.4 is 9.47 Å². The van der Waals surface area contributed by atoms with E-state index in [1.165, 1.54) is 0 Å². The Bertz CT molecular complexity index is 761. The molecule has 1 fully saturated rings. The summed E-state index contributed by atoms with van der Waals surface area (Å²) in [4.78, 5) is 0. The van der Waals surface area contributed by atoms with E-state index >= 15 is 0 Å². The van der Waals surface area contributed by atoms with Gasteiger partial charge in [-0.1, -0.05) is 24.3 Å². The lowest BCUT2D eigenvalue weighted by atomic mass is 9.92. The highest BCUT2D eigenvalue weighted by Gasteiger charge is 2.36. The van der Waals surface area contributed by atoms with Crippen molar-refractivity contribution in [2.45, 2.75) is 30.8 Å². The van der Waals surface area contributed by atoms with Gasteiger partial charge in [-0.3, -0.25) is 0 Å². The van der Waals surface area contributed by atoms with Gasteiger partial charge in [-0.2, -0.15) is 0 Å². The highest BCUT2D eigenvalue weighted by Crippen LogP contribution is 2.38. The predicted molar refractivity (Wildman–Crippen MR) is 89.3 cm³/mol. The van der Waals surface area contributed by atoms with E-state index in [1.807, 2.05) is 42.5 Å². The van der Waals surface area contributed by atoms with Crippen molar-refractivity contribution in [1.82, 2.24) is 0 Å². The van der Waals surface area contributed by atoms with E-state index < -0.39 is 24.4 Å². The maximum absolute atomic E-state index is 10.3. The molecule has 0 spiro atoms. The summed E-state index contributed by atoms with van der Waals surface area (Å²) in [5.74, 6) is 1.44. The first-order valence-electron chi connectivity index (χ1n) is 8.28. The summed E-state index contributed by atoms with van der Waals surface area (Å²) in [6, 6.07) is 13.4. The van der Waals surface area contributed by atoms with Crippen LogP contribution in [0.4, 0.5) is 0 Å². The fourth-order valence-corrected chi connectivity index (χ4v) is 3.33. The van der Waals surface area contributed by atoms with E-state index in [2.05, 4.69) is 0 Å². The van der Waals surface area contributed by atoms with E-state index in [1.54, 1.807) is 0 Å². The van der Waals surface area contributed by atoms with Crippen LogP contribution in [0, 0.1) is 0 Å². The summed E-state index contributed by atoms with van der Waals surface area (Å²) >= 11 is 0. The first-order chi connectivity index (χ1) is 12.2. The van der Waals surface area contributed by atoms with Gasteiger partial charge in [-0.05, 0) is 34.9 Å². The molecule has 0 radical (unpaired) electrons. The molecule has 132 valence electrons. The number of aliphatic hydroxyl groups is 3. The van der Waals surface area contributed by atoms with E-state index in [0.717, 1.165) is 22.4 Å². The molecule has 2 heterocycles. The average Bonchev–Trinajstić information content (AvgIpc) is 3.09. The Morgan fingerprint density at radius 1 is 0.920 bits per heavy atom. The molecule has 0 saturated carbocycles. The number of ether oxygens (including phenoxy) is 3. The third-order valence-corrected chi connectivity index (χ3v) is 4.68. The molecule has 2 aromatic rings. The summed E-state index contributed by atoms with van der Waals surface area (Å²) in [5.41, 5.74) is 2.72. The van der Waals surface area contributed by atoms with Crippen LogP contribution in [0.2, 0.25) is 0 Å². The molecular weight excluding hydrogens is 324 g/mol. The van der Waals surface area contributed by atoms with Crippen LogP contribution in [0.5, 0.6) is 11.5 Å². The zero-order chi connectivity index (χ0) is 17.4. The van der Waals surface area contributed by atoms with Crippen molar-refractivity contribution < 1.29 is 29.5 Å². The third kappa shape index (κ3) is 3.09. The van der Waals surface area contributed by atoms with Gasteiger partial charge in [0.25, 0.3) is 0 Å². The van der Waals surface area contributed by atoms with Gasteiger partial charge in [0.05, 0.1) is 18.8 Å². The molecule has 2 aliphatic rings. The normalized spacial score (nSPS) is 28.1.